The van der Waals surface area contributed by atoms with Crippen LogP contribution in [0.1, 0.15) is 18.6 Å². The lowest BCUT2D eigenvalue weighted by molar-refractivity contribution is -0.165. The van der Waals surface area contributed by atoms with Gasteiger partial charge in [0.15, 0.2) is 0 Å². The van der Waals surface area contributed by atoms with Crippen molar-refractivity contribution in [3.63, 3.8) is 0 Å². The molecule has 5 nitrogen and oxygen atoms in total. The van der Waals surface area contributed by atoms with Gasteiger partial charge in [-0.1, -0.05) is 12.1 Å². The fourth-order valence-corrected chi connectivity index (χ4v) is 1.30. The third kappa shape index (κ3) is 3.48. The van der Waals surface area contributed by atoms with Crippen molar-refractivity contribution in [2.45, 2.75) is 13.0 Å². The van der Waals surface area contributed by atoms with Crippen LogP contribution in [0, 0.1) is 0 Å². The average Bonchev–Trinajstić information content (AvgIpc) is 2.35. The Labute approximate surface area is 99.3 Å². The van der Waals surface area contributed by atoms with E-state index < -0.39 is 18.0 Å². The van der Waals surface area contributed by atoms with Gasteiger partial charge in [-0.3, -0.25) is 4.79 Å². The molecule has 1 aromatic carbocycles. The van der Waals surface area contributed by atoms with Gasteiger partial charge in [-0.25, -0.2) is 4.79 Å². The van der Waals surface area contributed by atoms with Crippen LogP contribution in [0.5, 0.6) is 5.75 Å². The number of hydrogen-bond donors (Lipinski definition) is 0. The Hall–Kier alpha value is -2.04. The molecule has 0 saturated heterocycles. The van der Waals surface area contributed by atoms with Gasteiger partial charge in [-0.15, -0.1) is 0 Å². The molecule has 5 heteroatoms. The highest BCUT2D eigenvalue weighted by molar-refractivity contribution is 5.80. The smallest absolute Gasteiger partial charge is 0.351 e. The number of carbonyl (C=O) groups is 2. The minimum absolute atomic E-state index is 0.535. The zero-order valence-corrected chi connectivity index (χ0v) is 9.93. The lowest BCUT2D eigenvalue weighted by atomic mass is 10.1. The maximum atomic E-state index is 11.5. The van der Waals surface area contributed by atoms with Crippen molar-refractivity contribution in [3.8, 4) is 5.75 Å². The Morgan fingerprint density at radius 3 is 2.12 bits per heavy atom. The van der Waals surface area contributed by atoms with Crippen LogP contribution in [0.25, 0.3) is 0 Å². The summed E-state index contributed by atoms with van der Waals surface area (Å²) in [6.07, 6.45) is -1.04. The molecule has 1 aromatic rings. The lowest BCUT2D eigenvalue weighted by Crippen LogP contribution is -2.19. The van der Waals surface area contributed by atoms with E-state index in [1.165, 1.54) is 14.0 Å². The first-order valence-electron chi connectivity index (χ1n) is 4.97. The van der Waals surface area contributed by atoms with E-state index >= 15 is 0 Å². The van der Waals surface area contributed by atoms with Crippen LogP contribution in [0.3, 0.4) is 0 Å². The highest BCUT2D eigenvalue weighted by Crippen LogP contribution is 2.22. The van der Waals surface area contributed by atoms with Crippen LogP contribution in [0.15, 0.2) is 24.3 Å². The first-order chi connectivity index (χ1) is 8.08. The van der Waals surface area contributed by atoms with Crippen LogP contribution in [-0.4, -0.2) is 26.2 Å². The van der Waals surface area contributed by atoms with E-state index in [4.69, 9.17) is 9.47 Å². The van der Waals surface area contributed by atoms with Crippen molar-refractivity contribution < 1.29 is 23.8 Å². The lowest BCUT2D eigenvalue weighted by Gasteiger charge is -2.15. The first kappa shape index (κ1) is 13.0. The predicted molar refractivity (Wildman–Crippen MR) is 59.5 cm³/mol. The maximum absolute atomic E-state index is 11.5. The Morgan fingerprint density at radius 2 is 1.71 bits per heavy atom. The average molecular weight is 238 g/mol. The maximum Gasteiger partial charge on any atom is 0.351 e. The van der Waals surface area contributed by atoms with E-state index in [0.717, 1.165) is 0 Å². The molecule has 0 aromatic heterocycles. The summed E-state index contributed by atoms with van der Waals surface area (Å²) in [6, 6.07) is 6.64. The van der Waals surface area contributed by atoms with Crippen molar-refractivity contribution in [1.82, 2.24) is 0 Å². The molecule has 0 aliphatic rings. The third-order valence-corrected chi connectivity index (χ3v) is 2.12. The molecule has 1 atom stereocenters. The number of carbonyl (C=O) groups excluding carboxylic acids is 2. The van der Waals surface area contributed by atoms with Gasteiger partial charge in [0.25, 0.3) is 0 Å². The molecule has 17 heavy (non-hydrogen) atoms. The van der Waals surface area contributed by atoms with E-state index in [1.807, 2.05) is 0 Å². The van der Waals surface area contributed by atoms with Crippen molar-refractivity contribution >= 4 is 11.9 Å². The van der Waals surface area contributed by atoms with E-state index in [1.54, 1.807) is 31.4 Å². The van der Waals surface area contributed by atoms with Crippen molar-refractivity contribution in [3.05, 3.63) is 29.8 Å². The number of hydrogen-bond acceptors (Lipinski definition) is 5. The van der Waals surface area contributed by atoms with Gasteiger partial charge < -0.3 is 14.2 Å². The van der Waals surface area contributed by atoms with Gasteiger partial charge >= 0.3 is 11.9 Å². The molecule has 0 fully saturated rings. The summed E-state index contributed by atoms with van der Waals surface area (Å²) in [5, 5.41) is 0. The van der Waals surface area contributed by atoms with E-state index in [2.05, 4.69) is 4.74 Å². The Bertz CT molecular complexity index is 396. The van der Waals surface area contributed by atoms with Gasteiger partial charge in [0.1, 0.15) is 5.75 Å². The first-order valence-corrected chi connectivity index (χ1v) is 4.97. The molecular weight excluding hydrogens is 224 g/mol. The molecule has 1 rings (SSSR count). The summed E-state index contributed by atoms with van der Waals surface area (Å²) < 4.78 is 14.5. The summed E-state index contributed by atoms with van der Waals surface area (Å²) in [4.78, 5) is 22.4. The predicted octanol–water partition coefficient (Wildman–Crippen LogP) is 1.47. The number of methoxy groups -OCH3 is 2. The summed E-state index contributed by atoms with van der Waals surface area (Å²) in [7, 11) is 2.78. The minimum atomic E-state index is -1.04. The molecule has 0 aliphatic heterocycles. The fraction of sp³-hybridized carbons (Fsp3) is 0.333. The minimum Gasteiger partial charge on any atom is -0.497 e. The van der Waals surface area contributed by atoms with Crippen molar-refractivity contribution in [2.75, 3.05) is 14.2 Å². The molecule has 0 amide bonds. The second-order valence-corrected chi connectivity index (χ2v) is 3.29. The monoisotopic (exact) mass is 238 g/mol. The summed E-state index contributed by atoms with van der Waals surface area (Å²) in [5.41, 5.74) is 0.535. The zero-order valence-electron chi connectivity index (χ0n) is 9.93. The SMILES string of the molecule is COC(=O)C(OC(C)=O)c1ccc(OC)cc1. The van der Waals surface area contributed by atoms with Gasteiger partial charge in [-0.2, -0.15) is 0 Å². The quantitative estimate of drug-likeness (QED) is 0.743. The van der Waals surface area contributed by atoms with Crippen LogP contribution in [0.2, 0.25) is 0 Å². The highest BCUT2D eigenvalue weighted by atomic mass is 16.6. The van der Waals surface area contributed by atoms with E-state index in [-0.39, 0.29) is 0 Å². The summed E-state index contributed by atoms with van der Waals surface area (Å²) >= 11 is 0. The molecule has 0 aliphatic carbocycles. The molecule has 0 spiro atoms. The molecule has 0 radical (unpaired) electrons. The van der Waals surface area contributed by atoms with Crippen LogP contribution in [-0.2, 0) is 19.1 Å². The fourth-order valence-electron chi connectivity index (χ4n) is 1.30. The Kier molecular flexibility index (Phi) is 4.51. The molecule has 0 saturated carbocycles. The molecule has 92 valence electrons. The summed E-state index contributed by atoms with van der Waals surface area (Å²) in [5.74, 6) is -0.512. The largest absolute Gasteiger partial charge is 0.497 e. The van der Waals surface area contributed by atoms with Gasteiger partial charge in [0.2, 0.25) is 6.10 Å². The van der Waals surface area contributed by atoms with Crippen molar-refractivity contribution in [1.29, 1.82) is 0 Å². The molecule has 0 N–H and O–H groups in total. The number of rotatable bonds is 4. The van der Waals surface area contributed by atoms with E-state index in [9.17, 15) is 9.59 Å². The van der Waals surface area contributed by atoms with Gasteiger partial charge in [-0.05, 0) is 12.1 Å². The van der Waals surface area contributed by atoms with Crippen LogP contribution >= 0.6 is 0 Å². The highest BCUT2D eigenvalue weighted by Gasteiger charge is 2.24. The second kappa shape index (κ2) is 5.89. The van der Waals surface area contributed by atoms with Gasteiger partial charge in [0.05, 0.1) is 14.2 Å². The number of benzene rings is 1. The summed E-state index contributed by atoms with van der Waals surface area (Å²) in [6.45, 7) is 1.24. The second-order valence-electron chi connectivity index (χ2n) is 3.29. The van der Waals surface area contributed by atoms with Gasteiger partial charge in [0, 0.05) is 12.5 Å². The number of esters is 2. The normalized spacial score (nSPS) is 11.5. The standard InChI is InChI=1S/C12H14O5/c1-8(13)17-11(12(14)16-3)9-4-6-10(15-2)7-5-9/h4-7,11H,1-3H3. The third-order valence-electron chi connectivity index (χ3n) is 2.12. The molecular formula is C12H14O5. The van der Waals surface area contributed by atoms with Crippen LogP contribution < -0.4 is 4.74 Å². The molecule has 1 unspecified atom stereocenters. The van der Waals surface area contributed by atoms with E-state index in [0.29, 0.717) is 11.3 Å². The Morgan fingerprint density at radius 1 is 1.12 bits per heavy atom. The molecule has 0 bridgehead atoms. The zero-order chi connectivity index (χ0) is 12.8. The topological polar surface area (TPSA) is 61.8 Å². The van der Waals surface area contributed by atoms with Crippen molar-refractivity contribution in [2.24, 2.45) is 0 Å². The Balaban J connectivity index is 2.95. The van der Waals surface area contributed by atoms with Crippen LogP contribution in [0.4, 0.5) is 0 Å². The molecule has 0 heterocycles. The number of ether oxygens (including phenoxy) is 3.